The van der Waals surface area contributed by atoms with E-state index in [1.54, 1.807) is 7.11 Å². The summed E-state index contributed by atoms with van der Waals surface area (Å²) in [5.41, 5.74) is 3.75. The number of ether oxygens (including phenoxy) is 2. The number of rotatable bonds is 9. The van der Waals surface area contributed by atoms with Crippen molar-refractivity contribution in [3.8, 4) is 11.5 Å². The molecule has 0 aromatic heterocycles. The maximum Gasteiger partial charge on any atom is 0.119 e. The van der Waals surface area contributed by atoms with E-state index in [-0.39, 0.29) is 0 Å². The van der Waals surface area contributed by atoms with Crippen molar-refractivity contribution in [1.82, 2.24) is 0 Å². The van der Waals surface area contributed by atoms with Gasteiger partial charge >= 0.3 is 0 Å². The summed E-state index contributed by atoms with van der Waals surface area (Å²) in [6, 6.07) is 26.8. The normalized spacial score (nSPS) is 11.6. The minimum Gasteiger partial charge on any atom is -0.497 e. The largest absolute Gasteiger partial charge is 0.497 e. The zero-order chi connectivity index (χ0) is 18.9. The lowest BCUT2D eigenvalue weighted by Gasteiger charge is -2.14. The molecule has 0 N–H and O–H groups in total. The Balaban J connectivity index is 1.55. The van der Waals surface area contributed by atoms with Crippen LogP contribution in [0.4, 0.5) is 0 Å². The predicted octanol–water partition coefficient (Wildman–Crippen LogP) is 6.18. The molecule has 1 atom stereocenters. The summed E-state index contributed by atoms with van der Waals surface area (Å²) in [4.78, 5) is 0. The first-order chi connectivity index (χ1) is 13.3. The van der Waals surface area contributed by atoms with E-state index in [0.29, 0.717) is 12.5 Å². The van der Waals surface area contributed by atoms with E-state index in [1.807, 2.05) is 48.5 Å². The van der Waals surface area contributed by atoms with Crippen LogP contribution in [0.25, 0.3) is 0 Å². The molecule has 0 spiro atoms. The molecule has 0 radical (unpaired) electrons. The van der Waals surface area contributed by atoms with Gasteiger partial charge in [-0.25, -0.2) is 0 Å². The van der Waals surface area contributed by atoms with Crippen molar-refractivity contribution in [2.24, 2.45) is 0 Å². The lowest BCUT2D eigenvalue weighted by Crippen LogP contribution is -1.99. The maximum absolute atomic E-state index is 5.87. The first kappa shape index (κ1) is 18.8. The summed E-state index contributed by atoms with van der Waals surface area (Å²) in [6.07, 6.45) is 4.07. The Labute approximate surface area is 162 Å². The summed E-state index contributed by atoms with van der Waals surface area (Å²) < 4.78 is 11.1. The summed E-state index contributed by atoms with van der Waals surface area (Å²) >= 11 is 0. The van der Waals surface area contributed by atoms with Crippen LogP contribution in [0.1, 0.15) is 29.0 Å². The standard InChI is InChI=1S/C25H26O2/c1-3-22(12-9-20-10-15-24(26-2)16-11-20)23-13-17-25(18-14-23)27-19-21-7-5-4-6-8-21/h3-8,10-11,13-18,22H,1,9,12,19H2,2H3/t22-/m1/s1. The van der Waals surface area contributed by atoms with Crippen molar-refractivity contribution in [1.29, 1.82) is 0 Å². The van der Waals surface area contributed by atoms with Crippen LogP contribution in [0, 0.1) is 0 Å². The first-order valence-corrected chi connectivity index (χ1v) is 9.30. The van der Waals surface area contributed by atoms with E-state index in [4.69, 9.17) is 9.47 Å². The Morgan fingerprint density at radius 3 is 2.11 bits per heavy atom. The fraction of sp³-hybridized carbons (Fsp3) is 0.200. The highest BCUT2D eigenvalue weighted by Gasteiger charge is 2.08. The van der Waals surface area contributed by atoms with E-state index in [2.05, 4.69) is 43.0 Å². The van der Waals surface area contributed by atoms with Crippen molar-refractivity contribution in [2.45, 2.75) is 25.4 Å². The topological polar surface area (TPSA) is 18.5 Å². The molecule has 3 aromatic carbocycles. The monoisotopic (exact) mass is 358 g/mol. The zero-order valence-corrected chi connectivity index (χ0v) is 15.8. The molecule has 0 bridgehead atoms. The minimum atomic E-state index is 0.329. The first-order valence-electron chi connectivity index (χ1n) is 9.30. The highest BCUT2D eigenvalue weighted by molar-refractivity contribution is 5.32. The van der Waals surface area contributed by atoms with Crippen molar-refractivity contribution in [2.75, 3.05) is 7.11 Å². The number of methoxy groups -OCH3 is 1. The number of allylic oxidation sites excluding steroid dienone is 1. The van der Waals surface area contributed by atoms with E-state index in [9.17, 15) is 0 Å². The molecule has 2 nitrogen and oxygen atoms in total. The summed E-state index contributed by atoms with van der Waals surface area (Å²) in [5, 5.41) is 0. The minimum absolute atomic E-state index is 0.329. The Morgan fingerprint density at radius 1 is 0.815 bits per heavy atom. The average Bonchev–Trinajstić information content (AvgIpc) is 2.74. The second-order valence-electron chi connectivity index (χ2n) is 6.57. The van der Waals surface area contributed by atoms with Crippen LogP contribution in [-0.4, -0.2) is 7.11 Å². The van der Waals surface area contributed by atoms with Gasteiger partial charge in [-0.15, -0.1) is 6.58 Å². The van der Waals surface area contributed by atoms with E-state index in [1.165, 1.54) is 16.7 Å². The van der Waals surface area contributed by atoms with Gasteiger partial charge in [0.05, 0.1) is 7.11 Å². The number of benzene rings is 3. The SMILES string of the molecule is C=C[C@H](CCc1ccc(OC)cc1)c1ccc(OCc2ccccc2)cc1. The van der Waals surface area contributed by atoms with Crippen molar-refractivity contribution in [3.63, 3.8) is 0 Å². The third-order valence-corrected chi connectivity index (χ3v) is 4.74. The molecule has 3 aromatic rings. The third kappa shape index (κ3) is 5.49. The van der Waals surface area contributed by atoms with Gasteiger partial charge in [0.2, 0.25) is 0 Å². The van der Waals surface area contributed by atoms with Gasteiger partial charge in [-0.3, -0.25) is 0 Å². The van der Waals surface area contributed by atoms with Gasteiger partial charge in [0, 0.05) is 5.92 Å². The lowest BCUT2D eigenvalue weighted by molar-refractivity contribution is 0.306. The molecule has 0 unspecified atom stereocenters. The molecule has 0 aliphatic heterocycles. The molecule has 138 valence electrons. The van der Waals surface area contributed by atoms with E-state index >= 15 is 0 Å². The Hall–Kier alpha value is -3.00. The van der Waals surface area contributed by atoms with Gasteiger partial charge in [-0.05, 0) is 53.8 Å². The molecule has 0 heterocycles. The average molecular weight is 358 g/mol. The summed E-state index contributed by atoms with van der Waals surface area (Å²) in [6.45, 7) is 4.61. The number of hydrogen-bond donors (Lipinski definition) is 0. The zero-order valence-electron chi connectivity index (χ0n) is 15.8. The van der Waals surface area contributed by atoms with Gasteiger partial charge in [0.15, 0.2) is 0 Å². The van der Waals surface area contributed by atoms with Crippen molar-refractivity contribution >= 4 is 0 Å². The fourth-order valence-corrected chi connectivity index (χ4v) is 3.09. The Morgan fingerprint density at radius 2 is 1.48 bits per heavy atom. The van der Waals surface area contributed by atoms with Crippen LogP contribution in [0.3, 0.4) is 0 Å². The van der Waals surface area contributed by atoms with Gasteiger partial charge in [-0.2, -0.15) is 0 Å². The van der Waals surface area contributed by atoms with Crippen LogP contribution in [-0.2, 0) is 13.0 Å². The molecule has 27 heavy (non-hydrogen) atoms. The molecule has 0 saturated carbocycles. The van der Waals surface area contributed by atoms with Crippen LogP contribution < -0.4 is 9.47 Å². The Kier molecular flexibility index (Phi) is 6.70. The lowest BCUT2D eigenvalue weighted by atomic mass is 9.92. The maximum atomic E-state index is 5.87. The van der Waals surface area contributed by atoms with Crippen LogP contribution >= 0.6 is 0 Å². The molecule has 0 aliphatic rings. The molecule has 0 fully saturated rings. The molecular weight excluding hydrogens is 332 g/mol. The smallest absolute Gasteiger partial charge is 0.119 e. The highest BCUT2D eigenvalue weighted by Crippen LogP contribution is 2.26. The molecule has 3 rings (SSSR count). The second-order valence-corrected chi connectivity index (χ2v) is 6.57. The van der Waals surface area contributed by atoms with E-state index < -0.39 is 0 Å². The van der Waals surface area contributed by atoms with Crippen LogP contribution in [0.2, 0.25) is 0 Å². The quantitative estimate of drug-likeness (QED) is 0.425. The van der Waals surface area contributed by atoms with Crippen LogP contribution in [0.15, 0.2) is 91.5 Å². The molecule has 0 saturated heterocycles. The molecule has 0 amide bonds. The van der Waals surface area contributed by atoms with Gasteiger partial charge < -0.3 is 9.47 Å². The Bertz CT molecular complexity index is 820. The number of hydrogen-bond acceptors (Lipinski definition) is 2. The third-order valence-electron chi connectivity index (χ3n) is 4.74. The molecule has 2 heteroatoms. The summed E-state index contributed by atoms with van der Waals surface area (Å²) in [7, 11) is 1.69. The molecule has 0 aliphatic carbocycles. The van der Waals surface area contributed by atoms with Crippen molar-refractivity contribution in [3.05, 3.63) is 108 Å². The fourth-order valence-electron chi connectivity index (χ4n) is 3.09. The van der Waals surface area contributed by atoms with Gasteiger partial charge in [0.1, 0.15) is 18.1 Å². The van der Waals surface area contributed by atoms with E-state index in [0.717, 1.165) is 24.3 Å². The summed E-state index contributed by atoms with van der Waals surface area (Å²) in [5.74, 6) is 2.11. The predicted molar refractivity (Wildman–Crippen MR) is 111 cm³/mol. The number of aryl methyl sites for hydroxylation is 1. The van der Waals surface area contributed by atoms with Crippen LogP contribution in [0.5, 0.6) is 11.5 Å². The van der Waals surface area contributed by atoms with Crippen molar-refractivity contribution < 1.29 is 9.47 Å². The second kappa shape index (κ2) is 9.63. The van der Waals surface area contributed by atoms with Gasteiger partial charge in [-0.1, -0.05) is 60.7 Å². The highest BCUT2D eigenvalue weighted by atomic mass is 16.5. The van der Waals surface area contributed by atoms with Gasteiger partial charge in [0.25, 0.3) is 0 Å². The molecular formula is C25H26O2.